The van der Waals surface area contributed by atoms with Crippen molar-refractivity contribution in [3.63, 3.8) is 0 Å². The highest BCUT2D eigenvalue weighted by Gasteiger charge is 2.58. The Kier molecular flexibility index (Phi) is 3.54. The summed E-state index contributed by atoms with van der Waals surface area (Å²) in [5, 5.41) is 0. The number of carbonyl (C=O) groups is 2. The molecule has 1 aliphatic carbocycles. The van der Waals surface area contributed by atoms with Gasteiger partial charge in [0.15, 0.2) is 0 Å². The average Bonchev–Trinajstić information content (AvgIpc) is 3.16. The van der Waals surface area contributed by atoms with Gasteiger partial charge in [-0.25, -0.2) is 9.18 Å². The second-order valence-electron chi connectivity index (χ2n) is 6.29. The Hall–Kier alpha value is -3.21. The van der Waals surface area contributed by atoms with Crippen LogP contribution in [0.25, 0.3) is 5.57 Å². The van der Waals surface area contributed by atoms with Crippen LogP contribution in [0.2, 0.25) is 0 Å². The third-order valence-corrected chi connectivity index (χ3v) is 5.08. The smallest absolute Gasteiger partial charge is 0.335 e. The van der Waals surface area contributed by atoms with E-state index in [0.29, 0.717) is 11.1 Å². The minimum Gasteiger partial charge on any atom is -0.466 e. The fourth-order valence-corrected chi connectivity index (χ4v) is 3.91. The zero-order valence-corrected chi connectivity index (χ0v) is 14.3. The summed E-state index contributed by atoms with van der Waals surface area (Å²) in [5.74, 6) is -1.15. The number of anilines is 1. The summed E-state index contributed by atoms with van der Waals surface area (Å²) in [4.78, 5) is 27.5. The number of methoxy groups -OCH3 is 1. The molecule has 0 fully saturated rings. The zero-order chi connectivity index (χ0) is 18.5. The van der Waals surface area contributed by atoms with Gasteiger partial charge >= 0.3 is 5.97 Å². The molecule has 1 spiro atoms. The molecule has 1 aliphatic heterocycles. The Morgan fingerprint density at radius 3 is 2.46 bits per heavy atom. The lowest BCUT2D eigenvalue weighted by Crippen LogP contribution is -2.42. The molecule has 0 aromatic heterocycles. The van der Waals surface area contributed by atoms with E-state index in [-0.39, 0.29) is 17.3 Å². The van der Waals surface area contributed by atoms with Crippen LogP contribution in [0.15, 0.2) is 66.3 Å². The molecule has 0 saturated heterocycles. The summed E-state index contributed by atoms with van der Waals surface area (Å²) in [6.07, 6.45) is 3.37. The Bertz CT molecular complexity index is 991. The van der Waals surface area contributed by atoms with Gasteiger partial charge in [0.05, 0.1) is 12.7 Å². The van der Waals surface area contributed by atoms with E-state index in [2.05, 4.69) is 0 Å². The molecule has 4 nitrogen and oxygen atoms in total. The van der Waals surface area contributed by atoms with Crippen molar-refractivity contribution in [2.24, 2.45) is 0 Å². The van der Waals surface area contributed by atoms with E-state index in [9.17, 15) is 14.0 Å². The van der Waals surface area contributed by atoms with Gasteiger partial charge in [-0.1, -0.05) is 36.4 Å². The Morgan fingerprint density at radius 1 is 1.08 bits per heavy atom. The molecule has 0 unspecified atom stereocenters. The van der Waals surface area contributed by atoms with Crippen LogP contribution in [0.1, 0.15) is 11.1 Å². The van der Waals surface area contributed by atoms with E-state index < -0.39 is 11.4 Å². The van der Waals surface area contributed by atoms with Crippen molar-refractivity contribution in [2.75, 3.05) is 19.1 Å². The molecular weight excluding hydrogens is 333 g/mol. The van der Waals surface area contributed by atoms with Gasteiger partial charge in [0.2, 0.25) is 5.91 Å². The molecule has 130 valence electrons. The molecule has 1 heterocycles. The number of hydrogen-bond acceptors (Lipinski definition) is 3. The van der Waals surface area contributed by atoms with Gasteiger partial charge in [0, 0.05) is 18.3 Å². The first-order chi connectivity index (χ1) is 12.5. The lowest BCUT2D eigenvalue weighted by atomic mass is 9.70. The lowest BCUT2D eigenvalue weighted by Gasteiger charge is -2.29. The maximum Gasteiger partial charge on any atom is 0.335 e. The van der Waals surface area contributed by atoms with Gasteiger partial charge in [-0.15, -0.1) is 0 Å². The number of halogens is 1. The third-order valence-electron chi connectivity index (χ3n) is 5.08. The molecule has 2 aliphatic rings. The number of ether oxygens (including phenoxy) is 1. The molecular formula is C21H16FNO3. The van der Waals surface area contributed by atoms with Crippen LogP contribution in [0.5, 0.6) is 0 Å². The highest BCUT2D eigenvalue weighted by atomic mass is 19.1. The summed E-state index contributed by atoms with van der Waals surface area (Å²) in [6.45, 7) is 0. The van der Waals surface area contributed by atoms with E-state index in [4.69, 9.17) is 4.74 Å². The number of rotatable bonds is 2. The monoisotopic (exact) mass is 349 g/mol. The van der Waals surface area contributed by atoms with Crippen molar-refractivity contribution in [2.45, 2.75) is 5.41 Å². The van der Waals surface area contributed by atoms with Crippen molar-refractivity contribution in [3.8, 4) is 0 Å². The van der Waals surface area contributed by atoms with Crippen molar-refractivity contribution < 1.29 is 18.7 Å². The largest absolute Gasteiger partial charge is 0.466 e. The maximum absolute atomic E-state index is 13.4. The van der Waals surface area contributed by atoms with Crippen molar-refractivity contribution >= 4 is 23.1 Å². The number of nitrogens with zero attached hydrogens (tertiary/aromatic N) is 1. The highest BCUT2D eigenvalue weighted by molar-refractivity contribution is 6.24. The van der Waals surface area contributed by atoms with Crippen LogP contribution < -0.4 is 4.90 Å². The number of likely N-dealkylation sites (N-methyl/N-ethyl adjacent to an activating group) is 1. The van der Waals surface area contributed by atoms with Gasteiger partial charge in [-0.2, -0.15) is 0 Å². The first kappa shape index (κ1) is 16.3. The first-order valence-corrected chi connectivity index (χ1v) is 8.16. The van der Waals surface area contributed by atoms with Crippen LogP contribution in [-0.2, 0) is 19.7 Å². The molecule has 1 amide bonds. The molecule has 0 bridgehead atoms. The number of fused-ring (bicyclic) bond motifs is 2. The van der Waals surface area contributed by atoms with Gasteiger partial charge in [0.1, 0.15) is 11.2 Å². The second-order valence-corrected chi connectivity index (χ2v) is 6.29. The quantitative estimate of drug-likeness (QED) is 0.782. The SMILES string of the molecule is COC(=O)C1=CC=C(c2ccc(F)cc2)[C@]12C(=O)N(C)c1ccccc12. The predicted octanol–water partition coefficient (Wildman–Crippen LogP) is 3.24. The van der Waals surface area contributed by atoms with E-state index in [1.165, 1.54) is 19.2 Å². The fraction of sp³-hybridized carbons (Fsp3) is 0.143. The van der Waals surface area contributed by atoms with Crippen molar-refractivity contribution in [1.29, 1.82) is 0 Å². The standard InChI is InChI=1S/C21H16FNO3/c1-23-18-6-4-3-5-16(18)21(20(23)25)15(11-12-17(21)19(24)26-2)13-7-9-14(22)10-8-13/h3-12H,1-2H3/t21-/m1/s1. The van der Waals surface area contributed by atoms with E-state index in [1.807, 2.05) is 24.3 Å². The normalized spacial score (nSPS) is 20.9. The van der Waals surface area contributed by atoms with E-state index in [1.54, 1.807) is 36.2 Å². The summed E-state index contributed by atoms with van der Waals surface area (Å²) in [6, 6.07) is 13.3. The first-order valence-electron chi connectivity index (χ1n) is 8.16. The van der Waals surface area contributed by atoms with Gasteiger partial charge in [-0.3, -0.25) is 4.79 Å². The van der Waals surface area contributed by atoms with Gasteiger partial charge in [-0.05, 0) is 35.4 Å². The average molecular weight is 349 g/mol. The Labute approximate surface area is 150 Å². The summed E-state index contributed by atoms with van der Waals surface area (Å²) < 4.78 is 18.3. The zero-order valence-electron chi connectivity index (χ0n) is 14.3. The molecule has 0 saturated carbocycles. The number of amides is 1. The van der Waals surface area contributed by atoms with E-state index in [0.717, 1.165) is 11.3 Å². The van der Waals surface area contributed by atoms with Gasteiger partial charge in [0.25, 0.3) is 0 Å². The molecule has 2 aromatic carbocycles. The van der Waals surface area contributed by atoms with Crippen molar-refractivity contribution in [3.05, 3.63) is 83.2 Å². The number of para-hydroxylation sites is 1. The number of benzene rings is 2. The molecule has 26 heavy (non-hydrogen) atoms. The number of hydrogen-bond donors (Lipinski definition) is 0. The van der Waals surface area contributed by atoms with Crippen LogP contribution in [0, 0.1) is 5.82 Å². The molecule has 0 N–H and O–H groups in total. The summed E-state index contributed by atoms with van der Waals surface area (Å²) >= 11 is 0. The molecule has 1 atom stereocenters. The van der Waals surface area contributed by atoms with Crippen LogP contribution in [0.3, 0.4) is 0 Å². The van der Waals surface area contributed by atoms with Gasteiger partial charge < -0.3 is 9.64 Å². The van der Waals surface area contributed by atoms with E-state index >= 15 is 0 Å². The predicted molar refractivity (Wildman–Crippen MR) is 96.0 cm³/mol. The lowest BCUT2D eigenvalue weighted by molar-refractivity contribution is -0.137. The van der Waals surface area contributed by atoms with Crippen LogP contribution >= 0.6 is 0 Å². The van der Waals surface area contributed by atoms with Crippen LogP contribution in [-0.4, -0.2) is 26.0 Å². The topological polar surface area (TPSA) is 46.6 Å². The minimum atomic E-state index is -1.28. The molecule has 2 aromatic rings. The summed E-state index contributed by atoms with van der Waals surface area (Å²) in [7, 11) is 2.98. The molecule has 5 heteroatoms. The Balaban J connectivity index is 2.01. The maximum atomic E-state index is 13.4. The summed E-state index contributed by atoms with van der Waals surface area (Å²) in [5.41, 5.74) is 1.76. The number of allylic oxidation sites excluding steroid dienone is 2. The second kappa shape index (κ2) is 5.66. The van der Waals surface area contributed by atoms with Crippen molar-refractivity contribution in [1.82, 2.24) is 0 Å². The minimum absolute atomic E-state index is 0.233. The fourth-order valence-electron chi connectivity index (χ4n) is 3.91. The number of carbonyl (C=O) groups excluding carboxylic acids is 2. The Morgan fingerprint density at radius 2 is 1.77 bits per heavy atom. The number of esters is 1. The molecule has 0 radical (unpaired) electrons. The third kappa shape index (κ3) is 1.94. The molecule has 4 rings (SSSR count). The van der Waals surface area contributed by atoms with Crippen LogP contribution in [0.4, 0.5) is 10.1 Å². The highest BCUT2D eigenvalue weighted by Crippen LogP contribution is 2.55.